The molecule has 4 heterocycles. The summed E-state index contributed by atoms with van der Waals surface area (Å²) >= 11 is 0. The Balaban J connectivity index is 1.80. The number of aromatic amines is 3. The highest BCUT2D eigenvalue weighted by Crippen LogP contribution is 2.39. The fourth-order valence-corrected chi connectivity index (χ4v) is 3.90. The number of aryl methyl sites for hydroxylation is 1. The lowest BCUT2D eigenvalue weighted by Gasteiger charge is -2.10. The normalized spacial score (nSPS) is 11.9. The van der Waals surface area contributed by atoms with E-state index in [-0.39, 0.29) is 0 Å². The number of hydrogen-bond acceptors (Lipinski definition) is 3. The molecule has 0 bridgehead atoms. The molecule has 0 unspecified atom stereocenters. The molecule has 134 valence electrons. The van der Waals surface area contributed by atoms with Gasteiger partial charge in [-0.2, -0.15) is 10.2 Å². The third-order valence-corrected chi connectivity index (χ3v) is 5.18. The molecule has 27 heavy (non-hydrogen) atoms. The highest BCUT2D eigenvalue weighted by Gasteiger charge is 2.19. The third kappa shape index (κ3) is 2.37. The van der Waals surface area contributed by atoms with Crippen LogP contribution < -0.4 is 0 Å². The van der Waals surface area contributed by atoms with E-state index in [2.05, 4.69) is 68.5 Å². The van der Waals surface area contributed by atoms with Gasteiger partial charge in [-0.3, -0.25) is 10.2 Å². The molecule has 6 nitrogen and oxygen atoms in total. The van der Waals surface area contributed by atoms with Crippen LogP contribution in [-0.4, -0.2) is 30.4 Å². The minimum Gasteiger partial charge on any atom is -0.354 e. The monoisotopic (exact) mass is 356 g/mol. The molecule has 0 saturated carbocycles. The number of nitrogens with zero attached hydrogens (tertiary/aromatic N) is 3. The Kier molecular flexibility index (Phi) is 3.40. The molecular formula is C21H20N6. The minimum atomic E-state index is 0.365. The smallest absolute Gasteiger partial charge is 0.155 e. The van der Waals surface area contributed by atoms with Crippen LogP contribution in [0, 0.1) is 6.92 Å². The summed E-state index contributed by atoms with van der Waals surface area (Å²) in [5, 5.41) is 16.6. The largest absolute Gasteiger partial charge is 0.354 e. The van der Waals surface area contributed by atoms with E-state index in [1.165, 1.54) is 16.5 Å². The highest BCUT2D eigenvalue weighted by atomic mass is 15.1. The Hall–Kier alpha value is -3.41. The van der Waals surface area contributed by atoms with Crippen LogP contribution in [0.1, 0.15) is 31.0 Å². The Bertz CT molecular complexity index is 1270. The van der Waals surface area contributed by atoms with Gasteiger partial charge >= 0.3 is 0 Å². The van der Waals surface area contributed by atoms with Gasteiger partial charge in [-0.1, -0.05) is 19.9 Å². The Morgan fingerprint density at radius 1 is 0.926 bits per heavy atom. The van der Waals surface area contributed by atoms with E-state index in [0.29, 0.717) is 5.92 Å². The lowest BCUT2D eigenvalue weighted by Crippen LogP contribution is -1.91. The van der Waals surface area contributed by atoms with E-state index in [4.69, 9.17) is 0 Å². The molecular weight excluding hydrogens is 336 g/mol. The molecule has 1 aromatic carbocycles. The van der Waals surface area contributed by atoms with Gasteiger partial charge in [0.15, 0.2) is 5.65 Å². The van der Waals surface area contributed by atoms with Crippen molar-refractivity contribution in [2.45, 2.75) is 26.7 Å². The van der Waals surface area contributed by atoms with Crippen LogP contribution in [0.15, 0.2) is 42.9 Å². The molecule has 0 fully saturated rings. The van der Waals surface area contributed by atoms with E-state index in [0.717, 1.165) is 39.1 Å². The van der Waals surface area contributed by atoms with Crippen LogP contribution in [0.3, 0.4) is 0 Å². The second-order valence-electron chi connectivity index (χ2n) is 7.23. The first-order valence-electron chi connectivity index (χ1n) is 9.08. The quantitative estimate of drug-likeness (QED) is 0.428. The van der Waals surface area contributed by atoms with Gasteiger partial charge in [-0.05, 0) is 42.2 Å². The van der Waals surface area contributed by atoms with Gasteiger partial charge in [0.1, 0.15) is 0 Å². The summed E-state index contributed by atoms with van der Waals surface area (Å²) in [7, 11) is 0. The molecule has 0 amide bonds. The van der Waals surface area contributed by atoms with Crippen molar-refractivity contribution in [1.82, 2.24) is 30.4 Å². The van der Waals surface area contributed by atoms with Gasteiger partial charge in [0.2, 0.25) is 0 Å². The number of hydrogen-bond donors (Lipinski definition) is 3. The van der Waals surface area contributed by atoms with Gasteiger partial charge in [0.25, 0.3) is 0 Å². The van der Waals surface area contributed by atoms with Crippen LogP contribution in [0.5, 0.6) is 0 Å². The number of aromatic nitrogens is 6. The predicted octanol–water partition coefficient (Wildman–Crippen LogP) is 4.93. The molecule has 6 heteroatoms. The number of H-pyrrole nitrogens is 3. The van der Waals surface area contributed by atoms with E-state index >= 15 is 0 Å². The van der Waals surface area contributed by atoms with Crippen LogP contribution in [0.2, 0.25) is 0 Å². The first-order valence-corrected chi connectivity index (χ1v) is 9.08. The molecule has 0 aliphatic heterocycles. The summed E-state index contributed by atoms with van der Waals surface area (Å²) in [6.07, 6.45) is 5.55. The maximum absolute atomic E-state index is 4.37. The maximum atomic E-state index is 4.37. The summed E-state index contributed by atoms with van der Waals surface area (Å²) in [6.45, 7) is 6.51. The van der Waals surface area contributed by atoms with Crippen LogP contribution >= 0.6 is 0 Å². The van der Waals surface area contributed by atoms with Crippen molar-refractivity contribution < 1.29 is 0 Å². The molecule has 3 N–H and O–H groups in total. The SMILES string of the molecule is Cc1[nH]ncc1-c1ccc2[nH]c(-c3ccnc4[nH]ncc34)c(C(C)C)c2c1. The molecule has 5 aromatic rings. The Labute approximate surface area is 156 Å². The summed E-state index contributed by atoms with van der Waals surface area (Å²) in [6, 6.07) is 8.61. The number of nitrogens with one attached hydrogen (secondary N) is 3. The molecule has 5 rings (SSSR count). The summed E-state index contributed by atoms with van der Waals surface area (Å²) < 4.78 is 0. The van der Waals surface area contributed by atoms with E-state index in [1.807, 2.05) is 25.5 Å². The van der Waals surface area contributed by atoms with E-state index < -0.39 is 0 Å². The molecule has 0 aliphatic carbocycles. The first-order chi connectivity index (χ1) is 13.1. The molecule has 0 saturated heterocycles. The van der Waals surface area contributed by atoms with Gasteiger partial charge in [0, 0.05) is 39.3 Å². The Morgan fingerprint density at radius 2 is 1.78 bits per heavy atom. The van der Waals surface area contributed by atoms with Crippen molar-refractivity contribution in [3.8, 4) is 22.4 Å². The van der Waals surface area contributed by atoms with Crippen LogP contribution in [0.4, 0.5) is 0 Å². The molecule has 0 spiro atoms. The van der Waals surface area contributed by atoms with Crippen molar-refractivity contribution in [3.05, 3.63) is 54.1 Å². The lowest BCUT2D eigenvalue weighted by atomic mass is 9.94. The van der Waals surface area contributed by atoms with Crippen molar-refractivity contribution in [1.29, 1.82) is 0 Å². The predicted molar refractivity (Wildman–Crippen MR) is 108 cm³/mol. The second-order valence-corrected chi connectivity index (χ2v) is 7.23. The molecule has 4 aromatic heterocycles. The summed E-state index contributed by atoms with van der Waals surface area (Å²) in [5.74, 6) is 0.365. The highest BCUT2D eigenvalue weighted by molar-refractivity contribution is 5.99. The first kappa shape index (κ1) is 15.8. The Morgan fingerprint density at radius 3 is 2.56 bits per heavy atom. The second kappa shape index (κ2) is 5.81. The zero-order valence-corrected chi connectivity index (χ0v) is 15.5. The van der Waals surface area contributed by atoms with E-state index in [1.54, 1.807) is 0 Å². The average Bonchev–Trinajstić information content (AvgIpc) is 3.37. The fraction of sp³-hybridized carbons (Fsp3) is 0.190. The van der Waals surface area contributed by atoms with Crippen molar-refractivity contribution in [2.75, 3.05) is 0 Å². The van der Waals surface area contributed by atoms with Crippen LogP contribution in [0.25, 0.3) is 44.3 Å². The fourth-order valence-electron chi connectivity index (χ4n) is 3.90. The topological polar surface area (TPSA) is 86.0 Å². The zero-order valence-electron chi connectivity index (χ0n) is 15.5. The van der Waals surface area contributed by atoms with Crippen molar-refractivity contribution in [2.24, 2.45) is 0 Å². The maximum Gasteiger partial charge on any atom is 0.155 e. The third-order valence-electron chi connectivity index (χ3n) is 5.18. The zero-order chi connectivity index (χ0) is 18.5. The number of rotatable bonds is 3. The lowest BCUT2D eigenvalue weighted by molar-refractivity contribution is 0.878. The van der Waals surface area contributed by atoms with Gasteiger partial charge in [-0.15, -0.1) is 0 Å². The van der Waals surface area contributed by atoms with Gasteiger partial charge < -0.3 is 4.98 Å². The molecule has 0 radical (unpaired) electrons. The molecule has 0 aliphatic rings. The van der Waals surface area contributed by atoms with Crippen LogP contribution in [-0.2, 0) is 0 Å². The van der Waals surface area contributed by atoms with Gasteiger partial charge in [0.05, 0.1) is 18.1 Å². The number of benzene rings is 1. The van der Waals surface area contributed by atoms with Crippen molar-refractivity contribution in [3.63, 3.8) is 0 Å². The number of pyridine rings is 1. The van der Waals surface area contributed by atoms with E-state index in [9.17, 15) is 0 Å². The number of fused-ring (bicyclic) bond motifs is 2. The summed E-state index contributed by atoms with van der Waals surface area (Å²) in [4.78, 5) is 8.01. The average molecular weight is 356 g/mol. The van der Waals surface area contributed by atoms with Gasteiger partial charge in [-0.25, -0.2) is 4.98 Å². The van der Waals surface area contributed by atoms with Crippen molar-refractivity contribution >= 4 is 21.9 Å². The standard InChI is InChI=1S/C21H20N6/c1-11(2)19-15-8-13(16-9-23-26-12(16)3)4-5-18(15)25-20(19)14-6-7-22-21-17(14)10-24-27-21/h4-11,25H,1-3H3,(H,23,26)(H,22,24,27). The molecule has 0 atom stereocenters. The summed E-state index contributed by atoms with van der Waals surface area (Å²) in [5.41, 5.74) is 8.87. The minimum absolute atomic E-state index is 0.365.